The number of ether oxygens (including phenoxy) is 2. The number of carboxylic acid groups (broad SMARTS) is 1. The number of rotatable bonds is 8. The van der Waals surface area contributed by atoms with Gasteiger partial charge in [-0.15, -0.1) is 0 Å². The third-order valence-electron chi connectivity index (χ3n) is 5.99. The molecule has 2 aliphatic rings. The van der Waals surface area contributed by atoms with Crippen molar-refractivity contribution >= 4 is 11.9 Å². The number of alkyl halides is 3. The first-order chi connectivity index (χ1) is 15.1. The van der Waals surface area contributed by atoms with E-state index in [-0.39, 0.29) is 18.6 Å². The SMILES string of the molecule is CCC(C)N1C[C@@H]2[C@H](NC(=O)COCCOC)c3ccccc3[C@@H]2C1.O=C(O)C(F)(F)F. The van der Waals surface area contributed by atoms with Gasteiger partial charge in [0.05, 0.1) is 19.3 Å². The van der Waals surface area contributed by atoms with Crippen molar-refractivity contribution in [3.05, 3.63) is 35.4 Å². The molecule has 2 N–H and O–H groups in total. The Balaban J connectivity index is 0.000000451. The molecule has 3 rings (SSSR count). The fourth-order valence-electron chi connectivity index (χ4n) is 4.21. The van der Waals surface area contributed by atoms with Crippen molar-refractivity contribution in [1.82, 2.24) is 10.2 Å². The molecule has 1 saturated heterocycles. The maximum atomic E-state index is 12.3. The Morgan fingerprint density at radius 1 is 1.22 bits per heavy atom. The Kier molecular flexibility index (Phi) is 9.47. The number of carboxylic acids is 1. The van der Waals surface area contributed by atoms with Crippen molar-refractivity contribution in [3.63, 3.8) is 0 Å². The number of carbonyl (C=O) groups is 2. The largest absolute Gasteiger partial charge is 0.490 e. The molecule has 0 radical (unpaired) electrons. The standard InChI is InChI=1S/C20H30N2O3.C2HF3O2/c1-4-14(2)22-11-17-15-7-5-6-8-16(15)20(18(17)12-22)21-19(23)13-25-10-9-24-3;3-2(4,5)1(6)7/h5-8,14,17-18,20H,4,9-13H2,1-3H3,(H,21,23);(H,6,7)/t14?,17-,18-,20+;/m0./s1. The Hall–Kier alpha value is -2.17. The highest BCUT2D eigenvalue weighted by Crippen LogP contribution is 2.49. The number of benzene rings is 1. The van der Waals surface area contributed by atoms with Crippen LogP contribution in [-0.4, -0.2) is 74.1 Å². The number of fused-ring (bicyclic) bond motifs is 3. The maximum Gasteiger partial charge on any atom is 0.490 e. The van der Waals surface area contributed by atoms with E-state index in [0.29, 0.717) is 31.1 Å². The Morgan fingerprint density at radius 2 is 1.84 bits per heavy atom. The summed E-state index contributed by atoms with van der Waals surface area (Å²) in [5.41, 5.74) is 2.69. The number of nitrogens with zero attached hydrogens (tertiary/aromatic N) is 1. The Labute approximate surface area is 185 Å². The molecule has 0 spiro atoms. The van der Waals surface area contributed by atoms with E-state index in [4.69, 9.17) is 19.4 Å². The van der Waals surface area contributed by atoms with E-state index in [0.717, 1.165) is 19.5 Å². The summed E-state index contributed by atoms with van der Waals surface area (Å²) >= 11 is 0. The molecule has 1 amide bonds. The van der Waals surface area contributed by atoms with Gasteiger partial charge in [0.1, 0.15) is 6.61 Å². The first kappa shape index (κ1) is 26.1. The number of methoxy groups -OCH3 is 1. The fraction of sp³-hybridized carbons (Fsp3) is 0.636. The van der Waals surface area contributed by atoms with E-state index < -0.39 is 12.1 Å². The minimum Gasteiger partial charge on any atom is -0.475 e. The predicted octanol–water partition coefficient (Wildman–Crippen LogP) is 2.97. The molecule has 1 aliphatic carbocycles. The van der Waals surface area contributed by atoms with Crippen molar-refractivity contribution < 1.29 is 37.3 Å². The maximum absolute atomic E-state index is 12.3. The minimum atomic E-state index is -5.08. The van der Waals surface area contributed by atoms with Gasteiger partial charge in [0, 0.05) is 38.1 Å². The van der Waals surface area contributed by atoms with Crippen LogP contribution >= 0.6 is 0 Å². The zero-order chi connectivity index (χ0) is 23.9. The van der Waals surface area contributed by atoms with Crippen molar-refractivity contribution in [2.45, 2.75) is 44.4 Å². The molecule has 0 bridgehead atoms. The van der Waals surface area contributed by atoms with Crippen molar-refractivity contribution in [2.75, 3.05) is 40.0 Å². The van der Waals surface area contributed by atoms with Gasteiger partial charge in [-0.1, -0.05) is 31.2 Å². The molecule has 7 nitrogen and oxygen atoms in total. The first-order valence-electron chi connectivity index (χ1n) is 10.6. The van der Waals surface area contributed by atoms with Crippen LogP contribution in [0.15, 0.2) is 24.3 Å². The lowest BCUT2D eigenvalue weighted by molar-refractivity contribution is -0.192. The van der Waals surface area contributed by atoms with Crippen LogP contribution in [0.25, 0.3) is 0 Å². The van der Waals surface area contributed by atoms with Gasteiger partial charge in [-0.05, 0) is 24.5 Å². The normalized spacial score (nSPS) is 23.0. The van der Waals surface area contributed by atoms with Crippen LogP contribution < -0.4 is 5.32 Å². The van der Waals surface area contributed by atoms with Gasteiger partial charge < -0.3 is 19.9 Å². The van der Waals surface area contributed by atoms with Gasteiger partial charge in [-0.25, -0.2) is 4.79 Å². The number of amides is 1. The molecule has 1 unspecified atom stereocenters. The van der Waals surface area contributed by atoms with Crippen molar-refractivity contribution in [3.8, 4) is 0 Å². The molecule has 1 heterocycles. The molecule has 4 atom stereocenters. The van der Waals surface area contributed by atoms with Crippen LogP contribution in [0, 0.1) is 5.92 Å². The van der Waals surface area contributed by atoms with Crippen molar-refractivity contribution in [2.24, 2.45) is 5.92 Å². The second-order valence-electron chi connectivity index (χ2n) is 8.00. The molecular weight excluding hydrogens is 429 g/mol. The summed E-state index contributed by atoms with van der Waals surface area (Å²) in [7, 11) is 1.63. The van der Waals surface area contributed by atoms with Crippen LogP contribution in [0.1, 0.15) is 43.4 Å². The van der Waals surface area contributed by atoms with Crippen LogP contribution in [0.4, 0.5) is 13.2 Å². The summed E-state index contributed by atoms with van der Waals surface area (Å²) in [6, 6.07) is 9.26. The number of aliphatic carboxylic acids is 1. The highest BCUT2D eigenvalue weighted by atomic mass is 19.4. The lowest BCUT2D eigenvalue weighted by atomic mass is 9.94. The summed E-state index contributed by atoms with van der Waals surface area (Å²) in [6.45, 7) is 7.71. The minimum absolute atomic E-state index is 0.0430. The van der Waals surface area contributed by atoms with Crippen LogP contribution in [0.2, 0.25) is 0 Å². The number of likely N-dealkylation sites (tertiary alicyclic amines) is 1. The molecule has 1 fully saturated rings. The second kappa shape index (κ2) is 11.6. The fourth-order valence-corrected chi connectivity index (χ4v) is 4.21. The van der Waals surface area contributed by atoms with Gasteiger partial charge >= 0.3 is 12.1 Å². The molecule has 1 aromatic rings. The topological polar surface area (TPSA) is 88.1 Å². The average molecular weight is 460 g/mol. The number of hydrogen-bond acceptors (Lipinski definition) is 5. The van der Waals surface area contributed by atoms with Crippen molar-refractivity contribution in [1.29, 1.82) is 0 Å². The van der Waals surface area contributed by atoms with E-state index in [9.17, 15) is 18.0 Å². The Morgan fingerprint density at radius 3 is 2.41 bits per heavy atom. The zero-order valence-corrected chi connectivity index (χ0v) is 18.5. The van der Waals surface area contributed by atoms with Crippen LogP contribution in [0.5, 0.6) is 0 Å². The first-order valence-corrected chi connectivity index (χ1v) is 10.6. The average Bonchev–Trinajstić information content (AvgIpc) is 3.30. The van der Waals surface area contributed by atoms with Gasteiger partial charge in [0.25, 0.3) is 0 Å². The second-order valence-corrected chi connectivity index (χ2v) is 8.00. The van der Waals surface area contributed by atoms with Gasteiger partial charge in [-0.3, -0.25) is 9.69 Å². The summed E-state index contributed by atoms with van der Waals surface area (Å²) in [4.78, 5) is 23.8. The molecule has 32 heavy (non-hydrogen) atoms. The molecule has 10 heteroatoms. The molecular formula is C22H31F3N2O5. The third kappa shape index (κ3) is 6.66. The molecule has 0 aromatic heterocycles. The lowest BCUT2D eigenvalue weighted by Gasteiger charge is -2.26. The van der Waals surface area contributed by atoms with E-state index in [1.807, 2.05) is 0 Å². The van der Waals surface area contributed by atoms with E-state index >= 15 is 0 Å². The summed E-state index contributed by atoms with van der Waals surface area (Å²) in [6.07, 6.45) is -3.93. The number of nitrogens with one attached hydrogen (secondary N) is 1. The molecule has 0 saturated carbocycles. The monoisotopic (exact) mass is 460 g/mol. The molecule has 180 valence electrons. The highest BCUT2D eigenvalue weighted by molar-refractivity contribution is 5.78. The molecule has 1 aromatic carbocycles. The number of carbonyl (C=O) groups excluding carboxylic acids is 1. The number of hydrogen-bond donors (Lipinski definition) is 2. The van der Waals surface area contributed by atoms with E-state index in [2.05, 4.69) is 48.3 Å². The van der Waals surface area contributed by atoms with Gasteiger partial charge in [0.15, 0.2) is 0 Å². The summed E-state index contributed by atoms with van der Waals surface area (Å²) in [5, 5.41) is 10.4. The van der Waals surface area contributed by atoms with Crippen LogP contribution in [-0.2, 0) is 19.1 Å². The highest BCUT2D eigenvalue weighted by Gasteiger charge is 2.47. The third-order valence-corrected chi connectivity index (χ3v) is 5.99. The Bertz CT molecular complexity index is 774. The lowest BCUT2D eigenvalue weighted by Crippen LogP contribution is -2.37. The number of halogens is 3. The predicted molar refractivity (Wildman–Crippen MR) is 111 cm³/mol. The van der Waals surface area contributed by atoms with Gasteiger partial charge in [0.2, 0.25) is 5.91 Å². The van der Waals surface area contributed by atoms with Gasteiger partial charge in [-0.2, -0.15) is 13.2 Å². The summed E-state index contributed by atoms with van der Waals surface area (Å²) in [5.74, 6) is -1.83. The van der Waals surface area contributed by atoms with Crippen LogP contribution in [0.3, 0.4) is 0 Å². The summed E-state index contributed by atoms with van der Waals surface area (Å²) < 4.78 is 42.1. The smallest absolute Gasteiger partial charge is 0.475 e. The molecule has 1 aliphatic heterocycles. The van der Waals surface area contributed by atoms with E-state index in [1.54, 1.807) is 7.11 Å². The zero-order valence-electron chi connectivity index (χ0n) is 18.5. The quantitative estimate of drug-likeness (QED) is 0.580. The van der Waals surface area contributed by atoms with E-state index in [1.165, 1.54) is 11.1 Å².